The molecule has 0 aliphatic rings. The minimum atomic E-state index is -3.41. The van der Waals surface area contributed by atoms with Crippen molar-refractivity contribution >= 4 is 31.7 Å². The van der Waals surface area contributed by atoms with Crippen LogP contribution in [0.3, 0.4) is 0 Å². The average Bonchev–Trinajstić information content (AvgIpc) is 2.38. The minimum absolute atomic E-state index is 0.0307. The van der Waals surface area contributed by atoms with Gasteiger partial charge in [-0.15, -0.1) is 0 Å². The van der Waals surface area contributed by atoms with Gasteiger partial charge < -0.3 is 0 Å². The van der Waals surface area contributed by atoms with E-state index >= 15 is 0 Å². The number of rotatable bonds is 8. The lowest BCUT2D eigenvalue weighted by Gasteiger charge is -2.14. The lowest BCUT2D eigenvalue weighted by Crippen LogP contribution is -2.17. The second kappa shape index (κ2) is 7.77. The molecule has 19 heavy (non-hydrogen) atoms. The van der Waals surface area contributed by atoms with Gasteiger partial charge in [0.05, 0.1) is 11.1 Å². The molecule has 0 fully saturated rings. The van der Waals surface area contributed by atoms with E-state index in [0.29, 0.717) is 24.6 Å². The van der Waals surface area contributed by atoms with Crippen molar-refractivity contribution < 1.29 is 13.2 Å². The largest absolute Gasteiger partial charge is 0.298 e. The van der Waals surface area contributed by atoms with Crippen LogP contribution in [0, 0.1) is 0 Å². The molecule has 1 aromatic carbocycles. The van der Waals surface area contributed by atoms with Crippen molar-refractivity contribution in [2.24, 2.45) is 5.14 Å². The Hall–Kier alpha value is -0.720. The zero-order valence-electron chi connectivity index (χ0n) is 10.6. The summed E-state index contributed by atoms with van der Waals surface area (Å²) in [6.07, 6.45) is 1.79. The van der Waals surface area contributed by atoms with Crippen molar-refractivity contribution in [3.63, 3.8) is 0 Å². The summed E-state index contributed by atoms with van der Waals surface area (Å²) >= 11 is 3.19. The smallest absolute Gasteiger partial charge is 0.209 e. The topological polar surface area (TPSA) is 77.2 Å². The molecule has 1 aromatic rings. The SMILES string of the molecule is NS(=O)(=O)CCCCC(C(=O)CBr)c1ccccc1. The van der Waals surface area contributed by atoms with Crippen LogP contribution < -0.4 is 5.14 Å². The molecule has 0 radical (unpaired) electrons. The zero-order chi connectivity index (χ0) is 14.3. The maximum absolute atomic E-state index is 11.9. The highest BCUT2D eigenvalue weighted by Crippen LogP contribution is 2.23. The van der Waals surface area contributed by atoms with Crippen LogP contribution in [0.15, 0.2) is 30.3 Å². The zero-order valence-corrected chi connectivity index (χ0v) is 13.0. The third kappa shape index (κ3) is 6.31. The van der Waals surface area contributed by atoms with E-state index < -0.39 is 10.0 Å². The molecule has 1 unspecified atom stereocenters. The van der Waals surface area contributed by atoms with E-state index in [1.807, 2.05) is 30.3 Å². The first-order valence-electron chi connectivity index (χ1n) is 6.08. The van der Waals surface area contributed by atoms with Crippen LogP contribution in [-0.2, 0) is 14.8 Å². The number of ketones is 1. The lowest BCUT2D eigenvalue weighted by molar-refractivity contribution is -0.118. The van der Waals surface area contributed by atoms with Crippen LogP contribution in [-0.4, -0.2) is 25.3 Å². The molecule has 0 aromatic heterocycles. The minimum Gasteiger partial charge on any atom is -0.298 e. The second-order valence-electron chi connectivity index (χ2n) is 4.43. The third-order valence-electron chi connectivity index (χ3n) is 2.89. The van der Waals surface area contributed by atoms with Crippen molar-refractivity contribution in [1.82, 2.24) is 0 Å². The maximum Gasteiger partial charge on any atom is 0.209 e. The summed E-state index contributed by atoms with van der Waals surface area (Å²) in [5.41, 5.74) is 0.975. The first-order valence-corrected chi connectivity index (χ1v) is 8.92. The molecular weight excluding hydrogens is 330 g/mol. The van der Waals surface area contributed by atoms with Gasteiger partial charge in [0.2, 0.25) is 10.0 Å². The highest BCUT2D eigenvalue weighted by atomic mass is 79.9. The Kier molecular flexibility index (Phi) is 6.68. The number of Topliss-reactive ketones (excluding diaryl/α,β-unsaturated/α-hetero) is 1. The van der Waals surface area contributed by atoms with Crippen LogP contribution in [0.25, 0.3) is 0 Å². The molecule has 0 amide bonds. The number of alkyl halides is 1. The number of hydrogen-bond acceptors (Lipinski definition) is 3. The molecule has 0 saturated heterocycles. The van der Waals surface area contributed by atoms with Gasteiger partial charge in [0.25, 0.3) is 0 Å². The average molecular weight is 348 g/mol. The molecule has 1 rings (SSSR count). The Morgan fingerprint density at radius 3 is 2.37 bits per heavy atom. The van der Waals surface area contributed by atoms with Crippen molar-refractivity contribution in [1.29, 1.82) is 0 Å². The van der Waals surface area contributed by atoms with Gasteiger partial charge in [0.1, 0.15) is 0 Å². The van der Waals surface area contributed by atoms with E-state index in [-0.39, 0.29) is 17.5 Å². The molecule has 0 heterocycles. The Morgan fingerprint density at radius 1 is 1.21 bits per heavy atom. The van der Waals surface area contributed by atoms with E-state index in [0.717, 1.165) is 5.56 Å². The number of hydrogen-bond donors (Lipinski definition) is 1. The Labute approximate surface area is 122 Å². The fourth-order valence-electron chi connectivity index (χ4n) is 1.94. The van der Waals surface area contributed by atoms with Gasteiger partial charge >= 0.3 is 0 Å². The normalized spacial score (nSPS) is 13.2. The molecule has 4 nitrogen and oxygen atoms in total. The van der Waals surface area contributed by atoms with Crippen molar-refractivity contribution in [3.05, 3.63) is 35.9 Å². The van der Waals surface area contributed by atoms with Gasteiger partial charge in [-0.05, 0) is 18.4 Å². The number of carbonyl (C=O) groups excluding carboxylic acids is 1. The summed E-state index contributed by atoms with van der Waals surface area (Å²) in [4.78, 5) is 11.9. The number of benzene rings is 1. The van der Waals surface area contributed by atoms with Crippen LogP contribution in [0.5, 0.6) is 0 Å². The fraction of sp³-hybridized carbons (Fsp3) is 0.462. The maximum atomic E-state index is 11.9. The van der Waals surface area contributed by atoms with Gasteiger partial charge in [-0.1, -0.05) is 52.7 Å². The predicted molar refractivity (Wildman–Crippen MR) is 79.8 cm³/mol. The molecule has 0 bridgehead atoms. The molecule has 106 valence electrons. The number of sulfonamides is 1. The molecule has 1 atom stereocenters. The van der Waals surface area contributed by atoms with Gasteiger partial charge in [-0.25, -0.2) is 13.6 Å². The van der Waals surface area contributed by atoms with E-state index in [1.165, 1.54) is 0 Å². The van der Waals surface area contributed by atoms with Crippen LogP contribution in [0.4, 0.5) is 0 Å². The highest BCUT2D eigenvalue weighted by Gasteiger charge is 2.19. The molecule has 0 aliphatic carbocycles. The third-order valence-corrected chi connectivity index (χ3v) is 4.30. The standard InChI is InChI=1S/C13H18BrNO3S/c14-10-13(16)12(11-6-2-1-3-7-11)8-4-5-9-19(15,17)18/h1-3,6-7,12H,4-5,8-10H2,(H2,15,17,18). The molecule has 0 aliphatic heterocycles. The summed E-state index contributed by atoms with van der Waals surface area (Å²) < 4.78 is 21.7. The molecule has 0 saturated carbocycles. The number of halogens is 1. The monoisotopic (exact) mass is 347 g/mol. The number of primary sulfonamides is 1. The first-order chi connectivity index (χ1) is 8.94. The van der Waals surface area contributed by atoms with Crippen molar-refractivity contribution in [2.75, 3.05) is 11.1 Å². The molecule has 2 N–H and O–H groups in total. The summed E-state index contributed by atoms with van der Waals surface area (Å²) in [7, 11) is -3.41. The summed E-state index contributed by atoms with van der Waals surface area (Å²) in [5.74, 6) is -0.0975. The Morgan fingerprint density at radius 2 is 1.84 bits per heavy atom. The fourth-order valence-corrected chi connectivity index (χ4v) is 2.94. The number of unbranched alkanes of at least 4 members (excludes halogenated alkanes) is 1. The van der Waals surface area contributed by atoms with Gasteiger partial charge in [-0.2, -0.15) is 0 Å². The summed E-state index contributed by atoms with van der Waals surface area (Å²) in [6, 6.07) is 9.54. The highest BCUT2D eigenvalue weighted by molar-refractivity contribution is 9.09. The number of nitrogens with two attached hydrogens (primary N) is 1. The first kappa shape index (κ1) is 16.3. The molecule has 6 heteroatoms. The summed E-state index contributed by atoms with van der Waals surface area (Å²) in [6.45, 7) is 0. The lowest BCUT2D eigenvalue weighted by atomic mass is 9.90. The Bertz CT molecular complexity index is 502. The quantitative estimate of drug-likeness (QED) is 0.578. The molecular formula is C13H18BrNO3S. The van der Waals surface area contributed by atoms with E-state index in [4.69, 9.17) is 5.14 Å². The van der Waals surface area contributed by atoms with E-state index in [1.54, 1.807) is 0 Å². The molecule has 0 spiro atoms. The second-order valence-corrected chi connectivity index (χ2v) is 6.72. The van der Waals surface area contributed by atoms with Crippen molar-refractivity contribution in [2.45, 2.75) is 25.2 Å². The summed E-state index contributed by atoms with van der Waals surface area (Å²) in [5, 5.41) is 5.25. The Balaban J connectivity index is 2.60. The van der Waals surface area contributed by atoms with E-state index in [9.17, 15) is 13.2 Å². The van der Waals surface area contributed by atoms with Gasteiger partial charge in [0.15, 0.2) is 5.78 Å². The van der Waals surface area contributed by atoms with Crippen LogP contribution in [0.2, 0.25) is 0 Å². The van der Waals surface area contributed by atoms with Crippen molar-refractivity contribution in [3.8, 4) is 0 Å². The van der Waals surface area contributed by atoms with E-state index in [2.05, 4.69) is 15.9 Å². The van der Waals surface area contributed by atoms with Crippen LogP contribution >= 0.6 is 15.9 Å². The number of carbonyl (C=O) groups is 1. The van der Waals surface area contributed by atoms with Crippen LogP contribution in [0.1, 0.15) is 30.7 Å². The van der Waals surface area contributed by atoms with Gasteiger partial charge in [0, 0.05) is 5.92 Å². The van der Waals surface area contributed by atoms with Gasteiger partial charge in [-0.3, -0.25) is 4.79 Å². The predicted octanol–water partition coefficient (Wildman–Crippen LogP) is 2.19.